The van der Waals surface area contributed by atoms with Crippen LogP contribution in [0.2, 0.25) is 0 Å². The van der Waals surface area contributed by atoms with E-state index in [9.17, 15) is 4.79 Å². The second kappa shape index (κ2) is 8.80. The molecule has 0 saturated carbocycles. The Morgan fingerprint density at radius 3 is 2.77 bits per heavy atom. The van der Waals surface area contributed by atoms with Crippen molar-refractivity contribution in [2.45, 2.75) is 18.1 Å². The van der Waals surface area contributed by atoms with Crippen LogP contribution in [-0.2, 0) is 17.7 Å². The van der Waals surface area contributed by atoms with Crippen molar-refractivity contribution in [3.8, 4) is 5.69 Å². The van der Waals surface area contributed by atoms with Crippen molar-refractivity contribution in [2.24, 2.45) is 0 Å². The third-order valence-electron chi connectivity index (χ3n) is 5.79. The van der Waals surface area contributed by atoms with Crippen LogP contribution in [0.3, 0.4) is 0 Å². The molecule has 1 fully saturated rings. The van der Waals surface area contributed by atoms with Gasteiger partial charge in [-0.25, -0.2) is 4.98 Å². The summed E-state index contributed by atoms with van der Waals surface area (Å²) in [5.41, 5.74) is 2.17. The maximum Gasteiger partial charge on any atom is 0.267 e. The first-order valence-electron chi connectivity index (χ1n) is 10.4. The number of morpholine rings is 1. The summed E-state index contributed by atoms with van der Waals surface area (Å²) < 4.78 is 7.26. The number of hydrogen-bond donors (Lipinski definition) is 0. The number of thioether (sulfide) groups is 1. The molecule has 3 aromatic rings. The summed E-state index contributed by atoms with van der Waals surface area (Å²) in [7, 11) is 2.13. The van der Waals surface area contributed by atoms with E-state index in [-0.39, 0.29) is 5.56 Å². The highest BCUT2D eigenvalue weighted by atomic mass is 32.2. The Bertz CT molecular complexity index is 1090. The van der Waals surface area contributed by atoms with Crippen molar-refractivity contribution >= 4 is 33.3 Å². The molecule has 30 heavy (non-hydrogen) atoms. The standard InChI is InChI=1S/C22H26N4O2S2/c1-24-8-7-17-18(15-24)30-20-19(17)21(27)26(16-5-3-2-4-6-16)22(23-20)29-14-11-25-9-12-28-13-10-25/h2-6H,7-15H2,1H3. The highest BCUT2D eigenvalue weighted by molar-refractivity contribution is 7.99. The van der Waals surface area contributed by atoms with Crippen molar-refractivity contribution < 1.29 is 4.74 Å². The molecule has 0 amide bonds. The van der Waals surface area contributed by atoms with E-state index in [4.69, 9.17) is 9.72 Å². The molecule has 1 aromatic carbocycles. The van der Waals surface area contributed by atoms with Gasteiger partial charge in [-0.3, -0.25) is 14.3 Å². The van der Waals surface area contributed by atoms with Crippen LogP contribution in [0.1, 0.15) is 10.4 Å². The molecule has 2 aromatic heterocycles. The molecule has 4 heterocycles. The smallest absolute Gasteiger partial charge is 0.267 e. The van der Waals surface area contributed by atoms with E-state index in [0.717, 1.165) is 79.2 Å². The fourth-order valence-electron chi connectivity index (χ4n) is 4.14. The van der Waals surface area contributed by atoms with Crippen LogP contribution in [0, 0.1) is 0 Å². The average molecular weight is 443 g/mol. The summed E-state index contributed by atoms with van der Waals surface area (Å²) in [6.45, 7) is 6.42. The zero-order valence-electron chi connectivity index (χ0n) is 17.2. The minimum absolute atomic E-state index is 0.0714. The fraction of sp³-hybridized carbons (Fsp3) is 0.455. The predicted octanol–water partition coefficient (Wildman–Crippen LogP) is 2.86. The Kier molecular flexibility index (Phi) is 5.93. The molecule has 0 atom stereocenters. The molecule has 0 unspecified atom stereocenters. The zero-order valence-corrected chi connectivity index (χ0v) is 18.8. The van der Waals surface area contributed by atoms with Gasteiger partial charge in [0.25, 0.3) is 5.56 Å². The van der Waals surface area contributed by atoms with E-state index in [1.807, 2.05) is 34.9 Å². The summed E-state index contributed by atoms with van der Waals surface area (Å²) in [5.74, 6) is 0.901. The van der Waals surface area contributed by atoms with Gasteiger partial charge < -0.3 is 9.64 Å². The van der Waals surface area contributed by atoms with Crippen molar-refractivity contribution in [3.63, 3.8) is 0 Å². The van der Waals surface area contributed by atoms with Gasteiger partial charge in [-0.15, -0.1) is 11.3 Å². The summed E-state index contributed by atoms with van der Waals surface area (Å²) in [4.78, 5) is 25.6. The van der Waals surface area contributed by atoms with E-state index in [1.54, 1.807) is 23.1 Å². The van der Waals surface area contributed by atoms with E-state index in [0.29, 0.717) is 0 Å². The van der Waals surface area contributed by atoms with Crippen LogP contribution in [0.5, 0.6) is 0 Å². The SMILES string of the molecule is CN1CCc2c(sc3nc(SCCN4CCOCC4)n(-c4ccccc4)c(=O)c23)C1. The summed E-state index contributed by atoms with van der Waals surface area (Å²) in [6.07, 6.45) is 0.918. The van der Waals surface area contributed by atoms with Crippen LogP contribution in [0.4, 0.5) is 0 Å². The van der Waals surface area contributed by atoms with Crippen molar-refractivity contribution in [1.29, 1.82) is 0 Å². The Hall–Kier alpha value is -1.71. The maximum absolute atomic E-state index is 13.7. The van der Waals surface area contributed by atoms with Crippen LogP contribution in [0.15, 0.2) is 40.3 Å². The number of fused-ring (bicyclic) bond motifs is 3. The third-order valence-corrected chi connectivity index (χ3v) is 7.82. The quantitative estimate of drug-likeness (QED) is 0.447. The minimum atomic E-state index is 0.0714. The topological polar surface area (TPSA) is 50.6 Å². The second-order valence-corrected chi connectivity index (χ2v) is 9.99. The lowest BCUT2D eigenvalue weighted by atomic mass is 10.1. The molecule has 0 bridgehead atoms. The van der Waals surface area contributed by atoms with Gasteiger partial charge in [-0.2, -0.15) is 0 Å². The first kappa shape index (κ1) is 20.2. The lowest BCUT2D eigenvalue weighted by Crippen LogP contribution is -2.37. The number of hydrogen-bond acceptors (Lipinski definition) is 7. The van der Waals surface area contributed by atoms with Gasteiger partial charge in [0.15, 0.2) is 5.16 Å². The molecule has 158 valence electrons. The molecule has 0 radical (unpaired) electrons. The Morgan fingerprint density at radius 2 is 1.97 bits per heavy atom. The second-order valence-electron chi connectivity index (χ2n) is 7.84. The van der Waals surface area contributed by atoms with Crippen LogP contribution < -0.4 is 5.56 Å². The van der Waals surface area contributed by atoms with E-state index in [2.05, 4.69) is 16.8 Å². The van der Waals surface area contributed by atoms with Crippen molar-refractivity contribution in [2.75, 3.05) is 52.2 Å². The highest BCUT2D eigenvalue weighted by Crippen LogP contribution is 2.33. The van der Waals surface area contributed by atoms with Crippen molar-refractivity contribution in [1.82, 2.24) is 19.4 Å². The first-order chi connectivity index (χ1) is 14.7. The number of benzene rings is 1. The highest BCUT2D eigenvalue weighted by Gasteiger charge is 2.24. The first-order valence-corrected chi connectivity index (χ1v) is 12.2. The molecular formula is C22H26N4O2S2. The van der Waals surface area contributed by atoms with Gasteiger partial charge in [0.2, 0.25) is 0 Å². The van der Waals surface area contributed by atoms with E-state index < -0.39 is 0 Å². The minimum Gasteiger partial charge on any atom is -0.379 e. The maximum atomic E-state index is 13.7. The van der Waals surface area contributed by atoms with Crippen LogP contribution >= 0.6 is 23.1 Å². The van der Waals surface area contributed by atoms with Gasteiger partial charge >= 0.3 is 0 Å². The summed E-state index contributed by atoms with van der Waals surface area (Å²) in [5, 5.41) is 1.61. The fourth-order valence-corrected chi connectivity index (χ4v) is 6.50. The van der Waals surface area contributed by atoms with Gasteiger partial charge in [0, 0.05) is 43.4 Å². The molecule has 0 N–H and O–H groups in total. The normalized spacial score (nSPS) is 18.0. The molecule has 2 aliphatic heterocycles. The number of ether oxygens (including phenoxy) is 1. The van der Waals surface area contributed by atoms with Gasteiger partial charge in [0.1, 0.15) is 4.83 Å². The molecule has 0 aliphatic carbocycles. The molecule has 6 nitrogen and oxygen atoms in total. The molecule has 0 spiro atoms. The molecule has 1 saturated heterocycles. The average Bonchev–Trinajstić information content (AvgIpc) is 3.13. The lowest BCUT2D eigenvalue weighted by Gasteiger charge is -2.26. The van der Waals surface area contributed by atoms with Crippen molar-refractivity contribution in [3.05, 3.63) is 51.1 Å². The molecule has 2 aliphatic rings. The lowest BCUT2D eigenvalue weighted by molar-refractivity contribution is 0.0410. The van der Waals surface area contributed by atoms with E-state index in [1.165, 1.54) is 10.4 Å². The summed E-state index contributed by atoms with van der Waals surface area (Å²) >= 11 is 3.37. The monoisotopic (exact) mass is 442 g/mol. The number of aromatic nitrogens is 2. The number of para-hydroxylation sites is 1. The van der Waals surface area contributed by atoms with Crippen LogP contribution in [-0.4, -0.2) is 71.5 Å². The number of likely N-dealkylation sites (N-methyl/N-ethyl adjacent to an activating group) is 1. The van der Waals surface area contributed by atoms with E-state index >= 15 is 0 Å². The van der Waals surface area contributed by atoms with Gasteiger partial charge in [-0.05, 0) is 31.2 Å². The largest absolute Gasteiger partial charge is 0.379 e. The molecule has 5 rings (SSSR count). The molecule has 8 heteroatoms. The van der Waals surface area contributed by atoms with Gasteiger partial charge in [0.05, 0.1) is 24.3 Å². The Labute approximate surface area is 184 Å². The Morgan fingerprint density at radius 1 is 1.17 bits per heavy atom. The Balaban J connectivity index is 1.53. The molecular weight excluding hydrogens is 416 g/mol. The number of thiophene rings is 1. The zero-order chi connectivity index (χ0) is 20.5. The summed E-state index contributed by atoms with van der Waals surface area (Å²) in [6, 6.07) is 9.92. The number of rotatable bonds is 5. The van der Waals surface area contributed by atoms with Crippen LogP contribution in [0.25, 0.3) is 15.9 Å². The predicted molar refractivity (Wildman–Crippen MR) is 123 cm³/mol. The van der Waals surface area contributed by atoms with Gasteiger partial charge in [-0.1, -0.05) is 30.0 Å². The third kappa shape index (κ3) is 3.94. The number of nitrogens with zero attached hydrogens (tertiary/aromatic N) is 4.